The first-order valence-electron chi connectivity index (χ1n) is 13.2. The van der Waals surface area contributed by atoms with Gasteiger partial charge in [-0.3, -0.25) is 14.6 Å². The van der Waals surface area contributed by atoms with Crippen LogP contribution in [0.5, 0.6) is 0 Å². The minimum atomic E-state index is -3.22. The molecule has 1 aliphatic carbocycles. The number of rotatable bonds is 5. The quantitative estimate of drug-likeness (QED) is 0.408. The molecule has 0 radical (unpaired) electrons. The summed E-state index contributed by atoms with van der Waals surface area (Å²) in [5.41, 5.74) is 0.0241. The number of carbonyl (C=O) groups is 2. The number of aromatic nitrogens is 1. The van der Waals surface area contributed by atoms with Crippen LogP contribution < -0.4 is 0 Å². The van der Waals surface area contributed by atoms with Gasteiger partial charge in [0, 0.05) is 35.6 Å². The highest BCUT2D eigenvalue weighted by atomic mass is 19.3. The number of esters is 2. The smallest absolute Gasteiger partial charge is 0.313 e. The van der Waals surface area contributed by atoms with Crippen LogP contribution in [0.25, 0.3) is 17.2 Å². The number of hydrogen-bond donors (Lipinski definition) is 0. The Morgan fingerprint density at radius 3 is 2.54 bits per heavy atom. The zero-order valence-electron chi connectivity index (χ0n) is 23.1. The number of allylic oxidation sites excluding steroid dienone is 1. The van der Waals surface area contributed by atoms with Crippen molar-refractivity contribution in [2.75, 3.05) is 0 Å². The summed E-state index contributed by atoms with van der Waals surface area (Å²) in [7, 11) is 0. The topological polar surface area (TPSA) is 89.3 Å². The van der Waals surface area contributed by atoms with E-state index in [0.29, 0.717) is 11.3 Å². The normalized spacial score (nSPS) is 28.8. The van der Waals surface area contributed by atoms with Gasteiger partial charge in [-0.1, -0.05) is 44.2 Å². The molecule has 1 aromatic carbocycles. The average molecular weight is 537 g/mol. The van der Waals surface area contributed by atoms with E-state index >= 15 is 8.78 Å². The number of halogens is 2. The predicted octanol–water partition coefficient (Wildman–Crippen LogP) is 6.45. The highest BCUT2D eigenvalue weighted by Gasteiger charge is 2.71. The van der Waals surface area contributed by atoms with Crippen molar-refractivity contribution in [3.05, 3.63) is 59.9 Å². The molecular weight excluding hydrogens is 502 g/mol. The monoisotopic (exact) mass is 536 g/mol. The van der Waals surface area contributed by atoms with Crippen molar-refractivity contribution in [1.82, 2.24) is 4.98 Å². The van der Waals surface area contributed by atoms with E-state index in [9.17, 15) is 14.9 Å². The first kappa shape index (κ1) is 28.4. The minimum Gasteiger partial charge on any atom is -0.462 e. The highest BCUT2D eigenvalue weighted by Crippen LogP contribution is 2.62. The van der Waals surface area contributed by atoms with E-state index in [1.807, 2.05) is 18.2 Å². The molecule has 0 amide bonds. The number of carbonyl (C=O) groups excluding carboxylic acids is 2. The van der Waals surface area contributed by atoms with E-state index in [1.165, 1.54) is 13.8 Å². The summed E-state index contributed by atoms with van der Waals surface area (Å²) in [5, 5.41) is 9.39. The van der Waals surface area contributed by atoms with E-state index in [0.717, 1.165) is 11.1 Å². The number of benzene rings is 1. The number of alkyl halides is 2. The number of fused-ring (bicyclic) bond motifs is 1. The van der Waals surface area contributed by atoms with Gasteiger partial charge in [0.25, 0.3) is 5.92 Å². The summed E-state index contributed by atoms with van der Waals surface area (Å²) < 4.78 is 42.3. The lowest BCUT2D eigenvalue weighted by atomic mass is 9.52. The lowest BCUT2D eigenvalue weighted by Crippen LogP contribution is -2.57. The van der Waals surface area contributed by atoms with Gasteiger partial charge in [0.05, 0.1) is 28.7 Å². The molecule has 39 heavy (non-hydrogen) atoms. The molecule has 4 rings (SSSR count). The third kappa shape index (κ3) is 5.19. The van der Waals surface area contributed by atoms with Crippen LogP contribution in [0.3, 0.4) is 0 Å². The average Bonchev–Trinajstić information content (AvgIpc) is 3.12. The highest BCUT2D eigenvalue weighted by molar-refractivity contribution is 5.88. The zero-order valence-corrected chi connectivity index (χ0v) is 23.1. The fourth-order valence-electron chi connectivity index (χ4n) is 6.11. The Bertz CT molecular complexity index is 1330. The van der Waals surface area contributed by atoms with Gasteiger partial charge < -0.3 is 9.47 Å². The Morgan fingerprint density at radius 1 is 1.23 bits per heavy atom. The molecule has 0 spiro atoms. The number of pyridine rings is 1. The second-order valence-electron chi connectivity index (χ2n) is 11.7. The van der Waals surface area contributed by atoms with E-state index in [4.69, 9.17) is 9.47 Å². The molecule has 2 aromatic rings. The van der Waals surface area contributed by atoms with Crippen molar-refractivity contribution in [3.63, 3.8) is 0 Å². The maximum Gasteiger partial charge on any atom is 0.313 e. The van der Waals surface area contributed by atoms with Gasteiger partial charge in [-0.2, -0.15) is 5.26 Å². The van der Waals surface area contributed by atoms with Crippen molar-refractivity contribution < 1.29 is 27.8 Å². The molecule has 0 N–H and O–H groups in total. The number of hydrogen-bond acceptors (Lipinski definition) is 6. The van der Waals surface area contributed by atoms with Crippen LogP contribution in [0.4, 0.5) is 8.78 Å². The SMILES string of the molecule is C[C@H]1OC(=O)[C@]2([C@@H](C)C(=O)OC(C)(C)C)CC(F)(F)[C@@H](C)[C@H](C=Cc3ccc(-c4ccccc4C#N)cn3)[C@H]12. The van der Waals surface area contributed by atoms with Gasteiger partial charge in [0.15, 0.2) is 0 Å². The molecular formula is C31H34F2N2O4. The van der Waals surface area contributed by atoms with Gasteiger partial charge in [-0.25, -0.2) is 8.78 Å². The molecule has 1 aromatic heterocycles. The third-order valence-corrected chi connectivity index (χ3v) is 8.13. The maximum absolute atomic E-state index is 15.6. The Morgan fingerprint density at radius 2 is 1.92 bits per heavy atom. The van der Waals surface area contributed by atoms with Crippen LogP contribution in [0.2, 0.25) is 0 Å². The van der Waals surface area contributed by atoms with E-state index in [-0.39, 0.29) is 0 Å². The van der Waals surface area contributed by atoms with Crippen molar-refractivity contribution in [2.24, 2.45) is 29.1 Å². The summed E-state index contributed by atoms with van der Waals surface area (Å²) in [6, 6.07) is 12.9. The van der Waals surface area contributed by atoms with Gasteiger partial charge in [0.2, 0.25) is 0 Å². The molecule has 1 aliphatic heterocycles. The molecule has 1 saturated carbocycles. The second-order valence-corrected chi connectivity index (χ2v) is 11.7. The van der Waals surface area contributed by atoms with Crippen LogP contribution in [0.15, 0.2) is 48.7 Å². The molecule has 6 nitrogen and oxygen atoms in total. The fourth-order valence-corrected chi connectivity index (χ4v) is 6.11. The standard InChI is InChI=1S/C31H34F2N2O4/c1-18-24(14-13-23-12-11-22(16-35-23)25-10-8-7-9-21(25)15-34)26-20(3)38-28(37)30(26,17-31(18,32)33)19(2)27(36)39-29(4,5)6/h7-14,16,18-20,24,26H,17H2,1-6H3/t18-,19-,20+,24-,26-,30-/m0/s1. The molecule has 2 heterocycles. The van der Waals surface area contributed by atoms with Crippen LogP contribution in [-0.2, 0) is 19.1 Å². The van der Waals surface area contributed by atoms with Gasteiger partial charge in [-0.05, 0) is 51.8 Å². The van der Waals surface area contributed by atoms with Crippen molar-refractivity contribution in [2.45, 2.75) is 65.6 Å². The summed E-state index contributed by atoms with van der Waals surface area (Å²) in [6.45, 7) is 9.76. The van der Waals surface area contributed by atoms with Crippen molar-refractivity contribution in [1.29, 1.82) is 5.26 Å². The Labute approximate surface area is 228 Å². The number of ether oxygens (including phenoxy) is 2. The fraction of sp³-hybridized carbons (Fsp3) is 0.484. The van der Waals surface area contributed by atoms with E-state index < -0.39 is 65.1 Å². The summed E-state index contributed by atoms with van der Waals surface area (Å²) in [5.74, 6) is -8.32. The molecule has 0 unspecified atom stereocenters. The number of nitrogens with zero attached hydrogens (tertiary/aromatic N) is 2. The van der Waals surface area contributed by atoms with Crippen LogP contribution in [0.1, 0.15) is 59.2 Å². The van der Waals surface area contributed by atoms with Crippen LogP contribution >= 0.6 is 0 Å². The summed E-state index contributed by atoms with van der Waals surface area (Å²) in [6.07, 6.45) is 3.54. The lowest BCUT2D eigenvalue weighted by molar-refractivity contribution is -0.193. The van der Waals surface area contributed by atoms with Gasteiger partial charge >= 0.3 is 11.9 Å². The first-order valence-corrected chi connectivity index (χ1v) is 13.2. The molecule has 1 saturated heterocycles. The molecule has 8 heteroatoms. The molecule has 206 valence electrons. The molecule has 0 bridgehead atoms. The van der Waals surface area contributed by atoms with Gasteiger partial charge in [0.1, 0.15) is 11.7 Å². The van der Waals surface area contributed by atoms with E-state index in [2.05, 4.69) is 11.1 Å². The molecule has 2 fully saturated rings. The molecule has 6 atom stereocenters. The number of nitriles is 1. The Balaban J connectivity index is 1.69. The first-order chi connectivity index (χ1) is 18.2. The maximum atomic E-state index is 15.6. The lowest BCUT2D eigenvalue weighted by Gasteiger charge is -2.49. The van der Waals surface area contributed by atoms with E-state index in [1.54, 1.807) is 64.2 Å². The molecule has 2 aliphatic rings. The minimum absolute atomic E-state index is 0.524. The largest absolute Gasteiger partial charge is 0.462 e. The van der Waals surface area contributed by atoms with Crippen LogP contribution in [-0.4, -0.2) is 34.6 Å². The Kier molecular flexibility index (Phi) is 7.41. The third-order valence-electron chi connectivity index (χ3n) is 8.13. The zero-order chi connectivity index (χ0) is 28.8. The Hall–Kier alpha value is -3.60. The summed E-state index contributed by atoms with van der Waals surface area (Å²) >= 11 is 0. The van der Waals surface area contributed by atoms with Crippen LogP contribution in [0, 0.1) is 40.4 Å². The van der Waals surface area contributed by atoms with Crippen molar-refractivity contribution >= 4 is 18.0 Å². The predicted molar refractivity (Wildman–Crippen MR) is 142 cm³/mol. The second kappa shape index (κ2) is 10.2. The van der Waals surface area contributed by atoms with Crippen molar-refractivity contribution in [3.8, 4) is 17.2 Å². The summed E-state index contributed by atoms with van der Waals surface area (Å²) in [4.78, 5) is 30.8. The number of cyclic esters (lactones) is 1. The van der Waals surface area contributed by atoms with Gasteiger partial charge in [-0.15, -0.1) is 0 Å².